The topological polar surface area (TPSA) is 62.8 Å². The van der Waals surface area contributed by atoms with Crippen molar-refractivity contribution < 1.29 is 19.0 Å². The Morgan fingerprint density at radius 2 is 1.70 bits per heavy atom. The number of nitrogens with one attached hydrogen (secondary N) is 2. The summed E-state index contributed by atoms with van der Waals surface area (Å²) < 4.78 is 24.6. The molecule has 0 spiro atoms. The zero-order chi connectivity index (χ0) is 20.4. The van der Waals surface area contributed by atoms with Gasteiger partial charge in [-0.1, -0.05) is 23.7 Å². The van der Waals surface area contributed by atoms with Gasteiger partial charge in [-0.2, -0.15) is 0 Å². The van der Waals surface area contributed by atoms with Crippen molar-refractivity contribution in [2.24, 2.45) is 0 Å². The molecule has 0 fully saturated rings. The SMILES string of the molecule is CCOc1cc(CNCCNCC(C)O)cc(Cl)c1OCc1ccc(F)cc1.Cl.Cl. The van der Waals surface area contributed by atoms with Gasteiger partial charge >= 0.3 is 0 Å². The van der Waals surface area contributed by atoms with E-state index >= 15 is 0 Å². The van der Waals surface area contributed by atoms with Crippen LogP contribution in [0.2, 0.25) is 5.02 Å². The fourth-order valence-electron chi connectivity index (χ4n) is 2.58. The molecular formula is C21H30Cl3FN2O3. The van der Waals surface area contributed by atoms with Crippen molar-refractivity contribution >= 4 is 36.4 Å². The Bertz CT molecular complexity index is 734. The molecule has 0 aliphatic rings. The van der Waals surface area contributed by atoms with E-state index in [1.165, 1.54) is 12.1 Å². The van der Waals surface area contributed by atoms with Crippen LogP contribution in [-0.2, 0) is 13.2 Å². The van der Waals surface area contributed by atoms with Crippen LogP contribution in [0.3, 0.4) is 0 Å². The average Bonchev–Trinajstić information content (AvgIpc) is 2.65. The number of ether oxygens (including phenoxy) is 2. The maximum atomic E-state index is 13.0. The van der Waals surface area contributed by atoms with Crippen LogP contribution in [0, 0.1) is 5.82 Å². The fourth-order valence-corrected chi connectivity index (χ4v) is 2.87. The second-order valence-corrected chi connectivity index (χ2v) is 6.89. The number of rotatable bonds is 12. The molecule has 0 saturated heterocycles. The molecule has 0 bridgehead atoms. The molecule has 1 unspecified atom stereocenters. The molecule has 0 radical (unpaired) electrons. The van der Waals surface area contributed by atoms with Crippen molar-refractivity contribution in [2.45, 2.75) is 33.1 Å². The number of halogens is 4. The van der Waals surface area contributed by atoms with Gasteiger partial charge in [0, 0.05) is 26.2 Å². The molecule has 9 heteroatoms. The van der Waals surface area contributed by atoms with E-state index in [0.717, 1.165) is 24.2 Å². The van der Waals surface area contributed by atoms with Crippen LogP contribution in [0.15, 0.2) is 36.4 Å². The van der Waals surface area contributed by atoms with Crippen molar-refractivity contribution in [3.05, 3.63) is 58.4 Å². The lowest BCUT2D eigenvalue weighted by Crippen LogP contribution is -2.31. The maximum Gasteiger partial charge on any atom is 0.180 e. The molecule has 0 amide bonds. The standard InChI is InChI=1S/C21H28ClFN2O3.2ClH/c1-3-27-20-11-17(13-25-9-8-24-12-15(2)26)10-19(22)21(20)28-14-16-4-6-18(23)7-5-16;;/h4-7,10-11,15,24-26H,3,8-9,12-14H2,1-2H3;2*1H. The Hall–Kier alpha value is -1.28. The number of benzene rings is 2. The summed E-state index contributed by atoms with van der Waals surface area (Å²) in [4.78, 5) is 0. The largest absolute Gasteiger partial charge is 0.490 e. The lowest BCUT2D eigenvalue weighted by atomic mass is 10.2. The third kappa shape index (κ3) is 10.2. The lowest BCUT2D eigenvalue weighted by Gasteiger charge is -2.16. The van der Waals surface area contributed by atoms with Crippen LogP contribution in [0.25, 0.3) is 0 Å². The van der Waals surface area contributed by atoms with E-state index in [4.69, 9.17) is 21.1 Å². The quantitative estimate of drug-likeness (QED) is 0.392. The van der Waals surface area contributed by atoms with Crippen molar-refractivity contribution in [3.63, 3.8) is 0 Å². The Kier molecular flexibility index (Phi) is 14.8. The minimum Gasteiger partial charge on any atom is -0.490 e. The predicted molar refractivity (Wildman–Crippen MR) is 124 cm³/mol. The van der Waals surface area contributed by atoms with Crippen LogP contribution >= 0.6 is 36.4 Å². The second-order valence-electron chi connectivity index (χ2n) is 6.48. The van der Waals surface area contributed by atoms with Gasteiger partial charge in [0.15, 0.2) is 11.5 Å². The zero-order valence-electron chi connectivity index (χ0n) is 17.1. The highest BCUT2D eigenvalue weighted by Crippen LogP contribution is 2.37. The van der Waals surface area contributed by atoms with E-state index in [1.807, 2.05) is 19.1 Å². The third-order valence-corrected chi connectivity index (χ3v) is 4.19. The first-order valence-corrected chi connectivity index (χ1v) is 9.79. The van der Waals surface area contributed by atoms with Gasteiger partial charge in [0.1, 0.15) is 12.4 Å². The molecule has 1 atom stereocenters. The van der Waals surface area contributed by atoms with Gasteiger partial charge in [-0.05, 0) is 49.2 Å². The van der Waals surface area contributed by atoms with Gasteiger partial charge in [-0.25, -0.2) is 4.39 Å². The van der Waals surface area contributed by atoms with Crippen molar-refractivity contribution in [3.8, 4) is 11.5 Å². The fraction of sp³-hybridized carbons (Fsp3) is 0.429. The minimum absolute atomic E-state index is 0. The van der Waals surface area contributed by atoms with Crippen LogP contribution < -0.4 is 20.1 Å². The summed E-state index contributed by atoms with van der Waals surface area (Å²) in [6.45, 7) is 7.13. The molecule has 0 saturated carbocycles. The summed E-state index contributed by atoms with van der Waals surface area (Å²) in [5, 5.41) is 16.2. The van der Waals surface area contributed by atoms with Gasteiger partial charge in [-0.3, -0.25) is 0 Å². The van der Waals surface area contributed by atoms with Crippen molar-refractivity contribution in [1.82, 2.24) is 10.6 Å². The summed E-state index contributed by atoms with van der Waals surface area (Å²) in [6, 6.07) is 9.90. The molecule has 3 N–H and O–H groups in total. The molecular weight excluding hydrogens is 454 g/mol. The first-order valence-electron chi connectivity index (χ1n) is 9.41. The minimum atomic E-state index is -0.352. The Balaban J connectivity index is 0.00000420. The van der Waals surface area contributed by atoms with E-state index in [0.29, 0.717) is 36.2 Å². The summed E-state index contributed by atoms with van der Waals surface area (Å²) in [7, 11) is 0. The summed E-state index contributed by atoms with van der Waals surface area (Å²) in [6.07, 6.45) is -0.352. The van der Waals surface area contributed by atoms with E-state index in [9.17, 15) is 9.50 Å². The first kappa shape index (κ1) is 28.7. The molecule has 2 rings (SSSR count). The molecule has 0 heterocycles. The predicted octanol–water partition coefficient (Wildman–Crippen LogP) is 4.36. The molecule has 170 valence electrons. The summed E-state index contributed by atoms with van der Waals surface area (Å²) >= 11 is 6.43. The van der Waals surface area contributed by atoms with Gasteiger partial charge in [0.25, 0.3) is 0 Å². The van der Waals surface area contributed by atoms with Crippen LogP contribution in [0.1, 0.15) is 25.0 Å². The Morgan fingerprint density at radius 3 is 2.33 bits per heavy atom. The Morgan fingerprint density at radius 1 is 1.03 bits per heavy atom. The maximum absolute atomic E-state index is 13.0. The van der Waals surface area contributed by atoms with E-state index < -0.39 is 0 Å². The van der Waals surface area contributed by atoms with Crippen LogP contribution in [0.4, 0.5) is 4.39 Å². The normalized spacial score (nSPS) is 11.2. The molecule has 2 aromatic carbocycles. The van der Waals surface area contributed by atoms with Gasteiger partial charge in [-0.15, -0.1) is 24.8 Å². The van der Waals surface area contributed by atoms with E-state index in [-0.39, 0.29) is 43.3 Å². The van der Waals surface area contributed by atoms with Crippen molar-refractivity contribution in [1.29, 1.82) is 0 Å². The average molecular weight is 484 g/mol. The third-order valence-electron chi connectivity index (χ3n) is 3.91. The van der Waals surface area contributed by atoms with Crippen LogP contribution in [0.5, 0.6) is 11.5 Å². The van der Waals surface area contributed by atoms with Gasteiger partial charge in [0.05, 0.1) is 17.7 Å². The molecule has 5 nitrogen and oxygen atoms in total. The van der Waals surface area contributed by atoms with Crippen LogP contribution in [-0.4, -0.2) is 37.5 Å². The smallest absolute Gasteiger partial charge is 0.180 e. The molecule has 0 aliphatic carbocycles. The van der Waals surface area contributed by atoms with E-state index in [1.54, 1.807) is 19.1 Å². The highest BCUT2D eigenvalue weighted by molar-refractivity contribution is 6.32. The summed E-state index contributed by atoms with van der Waals surface area (Å²) in [5.41, 5.74) is 1.83. The lowest BCUT2D eigenvalue weighted by molar-refractivity contribution is 0.191. The second kappa shape index (κ2) is 15.5. The van der Waals surface area contributed by atoms with Gasteiger partial charge < -0.3 is 25.2 Å². The number of hydrogen-bond acceptors (Lipinski definition) is 5. The van der Waals surface area contributed by atoms with Crippen molar-refractivity contribution in [2.75, 3.05) is 26.2 Å². The Labute approximate surface area is 195 Å². The number of aliphatic hydroxyl groups excluding tert-OH is 1. The van der Waals surface area contributed by atoms with E-state index in [2.05, 4.69) is 10.6 Å². The molecule has 2 aromatic rings. The number of aliphatic hydroxyl groups is 1. The zero-order valence-corrected chi connectivity index (χ0v) is 19.5. The molecule has 30 heavy (non-hydrogen) atoms. The summed E-state index contributed by atoms with van der Waals surface area (Å²) in [5.74, 6) is 0.783. The molecule has 0 aliphatic heterocycles. The molecule has 0 aromatic heterocycles. The first-order chi connectivity index (χ1) is 13.5. The highest BCUT2D eigenvalue weighted by atomic mass is 35.5. The highest BCUT2D eigenvalue weighted by Gasteiger charge is 2.13. The number of hydrogen-bond donors (Lipinski definition) is 3. The monoisotopic (exact) mass is 482 g/mol. The van der Waals surface area contributed by atoms with Gasteiger partial charge in [0.2, 0.25) is 0 Å².